The van der Waals surface area contributed by atoms with E-state index in [2.05, 4.69) is 5.10 Å². The molecule has 4 nitrogen and oxygen atoms in total. The summed E-state index contributed by atoms with van der Waals surface area (Å²) in [4.78, 5) is 11.7. The third-order valence-corrected chi connectivity index (χ3v) is 3.35. The largest absolute Gasteiger partial charge is 0.462 e. The minimum atomic E-state index is -0.336. The molecule has 0 saturated heterocycles. The molecule has 0 aliphatic heterocycles. The lowest BCUT2D eigenvalue weighted by Crippen LogP contribution is -2.06. The highest BCUT2D eigenvalue weighted by molar-refractivity contribution is 6.31. The smallest absolute Gasteiger partial charge is 0.338 e. The van der Waals surface area contributed by atoms with E-state index in [4.69, 9.17) is 16.3 Å². The monoisotopic (exact) mass is 278 g/mol. The highest BCUT2D eigenvalue weighted by atomic mass is 35.5. The van der Waals surface area contributed by atoms with Crippen LogP contribution in [0.1, 0.15) is 28.7 Å². The van der Waals surface area contributed by atoms with Gasteiger partial charge in [0.1, 0.15) is 0 Å². The number of esters is 1. The Kier molecular flexibility index (Phi) is 3.90. The van der Waals surface area contributed by atoms with E-state index in [1.165, 1.54) is 0 Å². The van der Waals surface area contributed by atoms with E-state index in [1.54, 1.807) is 29.8 Å². The molecule has 2 aromatic rings. The van der Waals surface area contributed by atoms with Crippen molar-refractivity contribution in [1.29, 1.82) is 0 Å². The fraction of sp³-hybridized carbons (Fsp3) is 0.286. The number of ether oxygens (including phenoxy) is 1. The van der Waals surface area contributed by atoms with E-state index in [0.717, 1.165) is 17.1 Å². The van der Waals surface area contributed by atoms with Crippen LogP contribution in [0.15, 0.2) is 24.3 Å². The first kappa shape index (κ1) is 13.6. The normalized spacial score (nSPS) is 10.5. The minimum absolute atomic E-state index is 0.336. The van der Waals surface area contributed by atoms with Gasteiger partial charge in [0.05, 0.1) is 34.3 Å². The number of nitrogens with zero attached hydrogens (tertiary/aromatic N) is 2. The Morgan fingerprint density at radius 3 is 2.74 bits per heavy atom. The number of aryl methyl sites for hydroxylation is 1. The van der Waals surface area contributed by atoms with Crippen LogP contribution < -0.4 is 0 Å². The molecule has 0 radical (unpaired) electrons. The maximum absolute atomic E-state index is 11.7. The summed E-state index contributed by atoms with van der Waals surface area (Å²) >= 11 is 6.13. The highest BCUT2D eigenvalue weighted by Gasteiger charge is 2.12. The van der Waals surface area contributed by atoms with Crippen molar-refractivity contribution in [3.05, 3.63) is 46.2 Å². The third kappa shape index (κ3) is 2.63. The van der Waals surface area contributed by atoms with Gasteiger partial charge in [-0.25, -0.2) is 9.48 Å². The summed E-state index contributed by atoms with van der Waals surface area (Å²) in [5, 5.41) is 5.00. The Labute approximate surface area is 116 Å². The quantitative estimate of drug-likeness (QED) is 0.809. The van der Waals surface area contributed by atoms with E-state index >= 15 is 0 Å². The molecule has 0 aliphatic rings. The molecule has 0 fully saturated rings. The zero-order valence-corrected chi connectivity index (χ0v) is 11.9. The van der Waals surface area contributed by atoms with Gasteiger partial charge in [-0.05, 0) is 39.0 Å². The van der Waals surface area contributed by atoms with E-state index in [9.17, 15) is 4.79 Å². The lowest BCUT2D eigenvalue weighted by molar-refractivity contribution is 0.0526. The van der Waals surface area contributed by atoms with Crippen molar-refractivity contribution in [2.75, 3.05) is 6.61 Å². The van der Waals surface area contributed by atoms with E-state index in [1.807, 2.05) is 19.9 Å². The summed E-state index contributed by atoms with van der Waals surface area (Å²) in [6.45, 7) is 5.87. The highest BCUT2D eigenvalue weighted by Crippen LogP contribution is 2.22. The summed E-state index contributed by atoms with van der Waals surface area (Å²) in [5.41, 5.74) is 2.90. The fourth-order valence-electron chi connectivity index (χ4n) is 1.85. The van der Waals surface area contributed by atoms with Crippen LogP contribution >= 0.6 is 11.6 Å². The molecule has 0 unspecified atom stereocenters. The number of benzene rings is 1. The molecule has 100 valence electrons. The Bertz CT molecular complexity index is 620. The van der Waals surface area contributed by atoms with E-state index < -0.39 is 0 Å². The van der Waals surface area contributed by atoms with Gasteiger partial charge in [-0.3, -0.25) is 0 Å². The van der Waals surface area contributed by atoms with Gasteiger partial charge in [-0.1, -0.05) is 17.7 Å². The van der Waals surface area contributed by atoms with Crippen LogP contribution in [0.3, 0.4) is 0 Å². The third-order valence-electron chi connectivity index (χ3n) is 2.80. The predicted molar refractivity (Wildman–Crippen MR) is 74.0 cm³/mol. The van der Waals surface area contributed by atoms with Crippen molar-refractivity contribution in [3.8, 4) is 5.69 Å². The second-order valence-corrected chi connectivity index (χ2v) is 4.55. The van der Waals surface area contributed by atoms with Gasteiger partial charge in [0, 0.05) is 0 Å². The number of hydrogen-bond donors (Lipinski definition) is 0. The number of halogens is 1. The predicted octanol–water partition coefficient (Wildman–Crippen LogP) is 3.32. The molecular formula is C14H15ClN2O2. The van der Waals surface area contributed by atoms with Gasteiger partial charge < -0.3 is 4.74 Å². The number of carbonyl (C=O) groups is 1. The van der Waals surface area contributed by atoms with Crippen molar-refractivity contribution >= 4 is 17.6 Å². The number of aromatic nitrogens is 2. The lowest BCUT2D eigenvalue weighted by atomic mass is 10.2. The molecule has 2 rings (SSSR count). The number of rotatable bonds is 3. The molecule has 0 saturated carbocycles. The minimum Gasteiger partial charge on any atom is -0.462 e. The molecule has 5 heteroatoms. The molecule has 0 aliphatic carbocycles. The number of carbonyl (C=O) groups excluding carboxylic acids is 1. The first-order valence-electron chi connectivity index (χ1n) is 6.04. The molecule has 0 spiro atoms. The lowest BCUT2D eigenvalue weighted by Gasteiger charge is -2.07. The van der Waals surface area contributed by atoms with Crippen LogP contribution in [-0.2, 0) is 4.74 Å². The number of hydrogen-bond acceptors (Lipinski definition) is 3. The van der Waals surface area contributed by atoms with Crippen molar-refractivity contribution in [2.24, 2.45) is 0 Å². The molecule has 19 heavy (non-hydrogen) atoms. The van der Waals surface area contributed by atoms with Crippen molar-refractivity contribution < 1.29 is 9.53 Å². The Morgan fingerprint density at radius 1 is 1.42 bits per heavy atom. The van der Waals surface area contributed by atoms with E-state index in [0.29, 0.717) is 17.2 Å². The molecule has 0 bridgehead atoms. The Morgan fingerprint density at radius 2 is 2.16 bits per heavy atom. The van der Waals surface area contributed by atoms with E-state index in [-0.39, 0.29) is 5.97 Å². The zero-order valence-electron chi connectivity index (χ0n) is 11.1. The average molecular weight is 279 g/mol. The first-order valence-corrected chi connectivity index (χ1v) is 6.41. The topological polar surface area (TPSA) is 44.1 Å². The van der Waals surface area contributed by atoms with Crippen molar-refractivity contribution in [1.82, 2.24) is 9.78 Å². The summed E-state index contributed by atoms with van der Waals surface area (Å²) < 4.78 is 6.71. The SMILES string of the molecule is CCOC(=O)c1cccc(-n2nc(C)c(Cl)c2C)c1. The summed E-state index contributed by atoms with van der Waals surface area (Å²) in [7, 11) is 0. The van der Waals surface area contributed by atoms with Crippen molar-refractivity contribution in [3.63, 3.8) is 0 Å². The first-order chi connectivity index (χ1) is 9.04. The Hall–Kier alpha value is -1.81. The van der Waals surface area contributed by atoms with Crippen LogP contribution in [0.5, 0.6) is 0 Å². The fourth-order valence-corrected chi connectivity index (χ4v) is 1.97. The van der Waals surface area contributed by atoms with Crippen molar-refractivity contribution in [2.45, 2.75) is 20.8 Å². The summed E-state index contributed by atoms with van der Waals surface area (Å²) in [6.07, 6.45) is 0. The summed E-state index contributed by atoms with van der Waals surface area (Å²) in [5.74, 6) is -0.336. The molecule has 0 amide bonds. The molecule has 0 N–H and O–H groups in total. The van der Waals surface area contributed by atoms with Crippen LogP contribution in [0, 0.1) is 13.8 Å². The van der Waals surface area contributed by atoms with Gasteiger partial charge in [0.25, 0.3) is 0 Å². The van der Waals surface area contributed by atoms with Gasteiger partial charge in [0.2, 0.25) is 0 Å². The maximum Gasteiger partial charge on any atom is 0.338 e. The molecule has 0 atom stereocenters. The Balaban J connectivity index is 2.43. The standard InChI is InChI=1S/C14H15ClN2O2/c1-4-19-14(18)11-6-5-7-12(8-11)17-10(3)13(15)9(2)16-17/h5-8H,4H2,1-3H3. The molecule has 1 heterocycles. The zero-order chi connectivity index (χ0) is 14.0. The van der Waals surface area contributed by atoms with Gasteiger partial charge in [-0.15, -0.1) is 0 Å². The van der Waals surface area contributed by atoms with Gasteiger partial charge in [0.15, 0.2) is 0 Å². The summed E-state index contributed by atoms with van der Waals surface area (Å²) in [6, 6.07) is 7.13. The van der Waals surface area contributed by atoms with Crippen LogP contribution in [0.4, 0.5) is 0 Å². The van der Waals surface area contributed by atoms with Crippen LogP contribution in [-0.4, -0.2) is 22.4 Å². The van der Waals surface area contributed by atoms with Gasteiger partial charge in [-0.2, -0.15) is 5.10 Å². The molecule has 1 aromatic carbocycles. The van der Waals surface area contributed by atoms with Gasteiger partial charge >= 0.3 is 5.97 Å². The average Bonchev–Trinajstić information content (AvgIpc) is 2.67. The molecular weight excluding hydrogens is 264 g/mol. The van der Waals surface area contributed by atoms with Crippen LogP contribution in [0.25, 0.3) is 5.69 Å². The second kappa shape index (κ2) is 5.45. The molecule has 1 aromatic heterocycles. The maximum atomic E-state index is 11.7. The van der Waals surface area contributed by atoms with Crippen LogP contribution in [0.2, 0.25) is 5.02 Å². The second-order valence-electron chi connectivity index (χ2n) is 4.17.